The molecule has 0 spiro atoms. The van der Waals surface area contributed by atoms with E-state index in [1.165, 1.54) is 0 Å². The van der Waals surface area contributed by atoms with Crippen molar-refractivity contribution in [2.75, 3.05) is 19.7 Å². The molecule has 0 aliphatic carbocycles. The Hall–Kier alpha value is -1.30. The molecule has 0 aromatic carbocycles. The predicted octanol–water partition coefficient (Wildman–Crippen LogP) is 2.32. The van der Waals surface area contributed by atoms with Gasteiger partial charge in [-0.1, -0.05) is 0 Å². The van der Waals surface area contributed by atoms with Crippen molar-refractivity contribution >= 4 is 12.0 Å². The minimum absolute atomic E-state index is 0.00669. The average molecular weight is 326 g/mol. The highest BCUT2D eigenvalue weighted by atomic mass is 16.5. The van der Waals surface area contributed by atoms with Crippen LogP contribution >= 0.6 is 0 Å². The first-order chi connectivity index (χ1) is 10.6. The number of piperidine rings is 1. The molecule has 2 fully saturated rings. The molecule has 0 saturated carbocycles. The second-order valence-electron chi connectivity index (χ2n) is 7.68. The zero-order chi connectivity index (χ0) is 17.3. The molecule has 2 saturated heterocycles. The Bertz CT molecular complexity index is 454. The number of nitrogens with one attached hydrogen (secondary N) is 1. The summed E-state index contributed by atoms with van der Waals surface area (Å²) in [6, 6.07) is -0.0699. The minimum Gasteiger partial charge on any atom is -0.466 e. The fourth-order valence-electron chi connectivity index (χ4n) is 3.61. The Balaban J connectivity index is 1.85. The molecule has 0 aromatic heterocycles. The van der Waals surface area contributed by atoms with E-state index in [4.69, 9.17) is 9.47 Å². The summed E-state index contributed by atoms with van der Waals surface area (Å²) in [6.45, 7) is 11.5. The molecule has 1 atom stereocenters. The van der Waals surface area contributed by atoms with Gasteiger partial charge in [0.05, 0.1) is 29.8 Å². The van der Waals surface area contributed by atoms with Crippen molar-refractivity contribution in [3.63, 3.8) is 0 Å². The Kier molecular flexibility index (Phi) is 5.23. The number of esters is 1. The number of rotatable bonds is 3. The van der Waals surface area contributed by atoms with Crippen molar-refractivity contribution in [3.05, 3.63) is 0 Å². The highest BCUT2D eigenvalue weighted by Crippen LogP contribution is 2.37. The largest absolute Gasteiger partial charge is 0.466 e. The number of hydrogen-bond donors (Lipinski definition) is 1. The number of ether oxygens (including phenoxy) is 2. The third kappa shape index (κ3) is 4.37. The second-order valence-corrected chi connectivity index (χ2v) is 7.68. The van der Waals surface area contributed by atoms with Crippen molar-refractivity contribution in [1.29, 1.82) is 0 Å². The van der Waals surface area contributed by atoms with Gasteiger partial charge in [-0.2, -0.15) is 0 Å². The van der Waals surface area contributed by atoms with Gasteiger partial charge in [-0.3, -0.25) is 4.79 Å². The van der Waals surface area contributed by atoms with Gasteiger partial charge in [0.15, 0.2) is 0 Å². The van der Waals surface area contributed by atoms with E-state index in [1.54, 1.807) is 4.90 Å². The van der Waals surface area contributed by atoms with Crippen molar-refractivity contribution < 1.29 is 19.1 Å². The Morgan fingerprint density at radius 1 is 1.22 bits per heavy atom. The highest BCUT2D eigenvalue weighted by Gasteiger charge is 2.47. The van der Waals surface area contributed by atoms with Crippen molar-refractivity contribution in [2.45, 2.75) is 71.1 Å². The Labute approximate surface area is 138 Å². The van der Waals surface area contributed by atoms with E-state index in [1.807, 2.05) is 34.6 Å². The lowest BCUT2D eigenvalue weighted by atomic mass is 9.94. The van der Waals surface area contributed by atoms with Gasteiger partial charge in [-0.05, 0) is 53.9 Å². The molecule has 2 amide bonds. The van der Waals surface area contributed by atoms with Crippen LogP contribution in [-0.2, 0) is 14.3 Å². The predicted molar refractivity (Wildman–Crippen MR) is 87.1 cm³/mol. The molecular weight excluding hydrogens is 296 g/mol. The quantitative estimate of drug-likeness (QED) is 0.808. The maximum Gasteiger partial charge on any atom is 0.317 e. The van der Waals surface area contributed by atoms with E-state index in [0.717, 1.165) is 6.42 Å². The number of carbonyl (C=O) groups is 2. The van der Waals surface area contributed by atoms with Gasteiger partial charge in [0.1, 0.15) is 0 Å². The second kappa shape index (κ2) is 6.67. The lowest BCUT2D eigenvalue weighted by Crippen LogP contribution is -2.53. The summed E-state index contributed by atoms with van der Waals surface area (Å²) >= 11 is 0. The summed E-state index contributed by atoms with van der Waals surface area (Å²) in [7, 11) is 0. The molecule has 0 aromatic rings. The summed E-state index contributed by atoms with van der Waals surface area (Å²) < 4.78 is 11.1. The molecule has 2 heterocycles. The fraction of sp³-hybridized carbons (Fsp3) is 0.882. The van der Waals surface area contributed by atoms with E-state index >= 15 is 0 Å². The third-order valence-electron chi connectivity index (χ3n) is 4.77. The van der Waals surface area contributed by atoms with Gasteiger partial charge >= 0.3 is 12.0 Å². The zero-order valence-electron chi connectivity index (χ0n) is 15.0. The molecule has 1 N–H and O–H groups in total. The van der Waals surface area contributed by atoms with Crippen LogP contribution in [0, 0.1) is 5.92 Å². The van der Waals surface area contributed by atoms with Crippen LogP contribution in [0.25, 0.3) is 0 Å². The minimum atomic E-state index is -0.373. The first kappa shape index (κ1) is 18.0. The van der Waals surface area contributed by atoms with Crippen LogP contribution in [0.2, 0.25) is 0 Å². The lowest BCUT2D eigenvalue weighted by Gasteiger charge is -2.34. The monoisotopic (exact) mass is 326 g/mol. The van der Waals surface area contributed by atoms with Gasteiger partial charge in [0, 0.05) is 13.1 Å². The van der Waals surface area contributed by atoms with Crippen molar-refractivity contribution in [1.82, 2.24) is 10.2 Å². The van der Waals surface area contributed by atoms with E-state index < -0.39 is 0 Å². The topological polar surface area (TPSA) is 67.9 Å². The van der Waals surface area contributed by atoms with Crippen LogP contribution in [0.15, 0.2) is 0 Å². The van der Waals surface area contributed by atoms with Crippen LogP contribution in [0.3, 0.4) is 0 Å². The Morgan fingerprint density at radius 2 is 1.83 bits per heavy atom. The van der Waals surface area contributed by atoms with Gasteiger partial charge in [-0.25, -0.2) is 4.79 Å². The molecule has 2 aliphatic heterocycles. The van der Waals surface area contributed by atoms with Crippen molar-refractivity contribution in [3.8, 4) is 0 Å². The summed E-state index contributed by atoms with van der Waals surface area (Å²) in [5, 5.41) is 3.11. The van der Waals surface area contributed by atoms with Crippen molar-refractivity contribution in [2.24, 2.45) is 5.92 Å². The molecule has 2 rings (SSSR count). The third-order valence-corrected chi connectivity index (χ3v) is 4.77. The fourth-order valence-corrected chi connectivity index (χ4v) is 3.61. The first-order valence-corrected chi connectivity index (χ1v) is 8.57. The molecule has 132 valence electrons. The van der Waals surface area contributed by atoms with E-state index in [-0.39, 0.29) is 35.2 Å². The number of hydrogen-bond acceptors (Lipinski definition) is 4. The molecule has 0 radical (unpaired) electrons. The lowest BCUT2D eigenvalue weighted by molar-refractivity contribution is -0.149. The average Bonchev–Trinajstić information content (AvgIpc) is 2.66. The van der Waals surface area contributed by atoms with Crippen LogP contribution < -0.4 is 5.32 Å². The molecule has 6 heteroatoms. The number of likely N-dealkylation sites (tertiary alicyclic amines) is 1. The normalized spacial score (nSPS) is 26.8. The number of carbonyl (C=O) groups excluding carboxylic acids is 2. The van der Waals surface area contributed by atoms with Gasteiger partial charge in [0.25, 0.3) is 0 Å². The molecule has 2 aliphatic rings. The van der Waals surface area contributed by atoms with Gasteiger partial charge in [0.2, 0.25) is 0 Å². The van der Waals surface area contributed by atoms with Gasteiger partial charge in [-0.15, -0.1) is 0 Å². The smallest absolute Gasteiger partial charge is 0.317 e. The highest BCUT2D eigenvalue weighted by molar-refractivity contribution is 5.76. The van der Waals surface area contributed by atoms with E-state index in [0.29, 0.717) is 32.5 Å². The standard InChI is InChI=1S/C17H30N2O4/c1-6-22-14(20)12-7-9-19(10-8-12)15(21)18-13-11-16(2,3)23-17(13,4)5/h12-13H,6-11H2,1-5H3,(H,18,21)/t13-/m0/s1. The maximum absolute atomic E-state index is 12.5. The Morgan fingerprint density at radius 3 is 2.30 bits per heavy atom. The van der Waals surface area contributed by atoms with Crippen LogP contribution in [0.5, 0.6) is 0 Å². The van der Waals surface area contributed by atoms with E-state index in [9.17, 15) is 9.59 Å². The summed E-state index contributed by atoms with van der Waals surface area (Å²) in [6.07, 6.45) is 2.13. The maximum atomic E-state index is 12.5. The summed E-state index contributed by atoms with van der Waals surface area (Å²) in [5.74, 6) is -0.219. The summed E-state index contributed by atoms with van der Waals surface area (Å²) in [5.41, 5.74) is -0.596. The van der Waals surface area contributed by atoms with Crippen LogP contribution in [0.4, 0.5) is 4.79 Å². The summed E-state index contributed by atoms with van der Waals surface area (Å²) in [4.78, 5) is 26.0. The SMILES string of the molecule is CCOC(=O)C1CCN(C(=O)N[C@H]2CC(C)(C)OC2(C)C)CC1. The number of amides is 2. The molecule has 6 nitrogen and oxygen atoms in total. The van der Waals surface area contributed by atoms with E-state index in [2.05, 4.69) is 5.32 Å². The molecule has 0 bridgehead atoms. The van der Waals surface area contributed by atoms with Crippen LogP contribution in [0.1, 0.15) is 53.9 Å². The zero-order valence-corrected chi connectivity index (χ0v) is 15.0. The number of nitrogens with zero attached hydrogens (tertiary/aromatic N) is 1. The van der Waals surface area contributed by atoms with Crippen LogP contribution in [-0.4, -0.2) is 53.8 Å². The van der Waals surface area contributed by atoms with Gasteiger partial charge < -0.3 is 19.7 Å². The molecular formula is C17H30N2O4. The first-order valence-electron chi connectivity index (χ1n) is 8.57. The molecule has 0 unspecified atom stereocenters. The molecule has 23 heavy (non-hydrogen) atoms. The number of urea groups is 1.